The Morgan fingerprint density at radius 2 is 1.76 bits per heavy atom. The Bertz CT molecular complexity index is 1180. The SMILES string of the molecule is C#Cc1ccccc1C(C(=O)Nc1c(C)cccc1Cl)N(CCC)C(=O)C(NC(=O)OC(C)(C)C)C(C)C. The monoisotopic (exact) mass is 539 g/mol. The number of para-hydroxylation sites is 1. The summed E-state index contributed by atoms with van der Waals surface area (Å²) in [6.07, 6.45) is 5.65. The van der Waals surface area contributed by atoms with Gasteiger partial charge in [0.15, 0.2) is 0 Å². The second kappa shape index (κ2) is 13.3. The molecule has 0 aliphatic rings. The van der Waals surface area contributed by atoms with Crippen molar-refractivity contribution in [2.24, 2.45) is 5.92 Å². The van der Waals surface area contributed by atoms with E-state index in [1.807, 2.05) is 33.8 Å². The van der Waals surface area contributed by atoms with Crippen molar-refractivity contribution in [2.75, 3.05) is 11.9 Å². The fraction of sp³-hybridized carbons (Fsp3) is 0.433. The second-order valence-electron chi connectivity index (χ2n) is 10.5. The van der Waals surface area contributed by atoms with E-state index < -0.39 is 35.6 Å². The molecule has 38 heavy (non-hydrogen) atoms. The van der Waals surface area contributed by atoms with Gasteiger partial charge in [-0.15, -0.1) is 6.42 Å². The minimum absolute atomic E-state index is 0.247. The molecule has 2 N–H and O–H groups in total. The normalized spacial score (nSPS) is 12.7. The number of rotatable bonds is 9. The van der Waals surface area contributed by atoms with E-state index in [0.29, 0.717) is 28.3 Å². The zero-order valence-corrected chi connectivity index (χ0v) is 24.0. The van der Waals surface area contributed by atoms with Crippen LogP contribution in [0.4, 0.5) is 10.5 Å². The van der Waals surface area contributed by atoms with Gasteiger partial charge in [0.2, 0.25) is 5.91 Å². The smallest absolute Gasteiger partial charge is 0.408 e. The zero-order chi connectivity index (χ0) is 28.6. The third-order valence-corrected chi connectivity index (χ3v) is 6.11. The summed E-state index contributed by atoms with van der Waals surface area (Å²) >= 11 is 6.40. The molecule has 0 fully saturated rings. The van der Waals surface area contributed by atoms with Crippen molar-refractivity contribution in [1.82, 2.24) is 10.2 Å². The highest BCUT2D eigenvalue weighted by Crippen LogP contribution is 2.31. The molecule has 0 radical (unpaired) electrons. The van der Waals surface area contributed by atoms with Gasteiger partial charge in [0.25, 0.3) is 5.91 Å². The molecule has 0 aromatic heterocycles. The molecule has 0 aliphatic carbocycles. The van der Waals surface area contributed by atoms with Gasteiger partial charge in [-0.05, 0) is 63.3 Å². The summed E-state index contributed by atoms with van der Waals surface area (Å²) in [6, 6.07) is 10.3. The Morgan fingerprint density at radius 3 is 2.32 bits per heavy atom. The van der Waals surface area contributed by atoms with Gasteiger partial charge in [-0.25, -0.2) is 4.79 Å². The van der Waals surface area contributed by atoms with E-state index in [0.717, 1.165) is 5.56 Å². The number of benzene rings is 2. The predicted octanol–water partition coefficient (Wildman–Crippen LogP) is 6.10. The molecule has 8 heteroatoms. The van der Waals surface area contributed by atoms with Gasteiger partial charge in [0.05, 0.1) is 10.7 Å². The van der Waals surface area contributed by atoms with Crippen molar-refractivity contribution in [2.45, 2.75) is 72.6 Å². The molecule has 0 aliphatic heterocycles. The Labute approximate surface area is 231 Å². The number of aryl methyl sites for hydroxylation is 1. The highest BCUT2D eigenvalue weighted by Gasteiger charge is 2.38. The van der Waals surface area contributed by atoms with Crippen LogP contribution >= 0.6 is 11.6 Å². The lowest BCUT2D eigenvalue weighted by Crippen LogP contribution is -2.54. The van der Waals surface area contributed by atoms with Crippen LogP contribution in [0.1, 0.15) is 70.7 Å². The lowest BCUT2D eigenvalue weighted by Gasteiger charge is -2.36. The van der Waals surface area contributed by atoms with Crippen molar-refractivity contribution >= 4 is 35.2 Å². The van der Waals surface area contributed by atoms with E-state index in [9.17, 15) is 14.4 Å². The molecule has 204 valence electrons. The fourth-order valence-electron chi connectivity index (χ4n) is 4.03. The van der Waals surface area contributed by atoms with Gasteiger partial charge < -0.3 is 20.3 Å². The summed E-state index contributed by atoms with van der Waals surface area (Å²) in [5, 5.41) is 6.00. The Kier molecular flexibility index (Phi) is 10.8. The van der Waals surface area contributed by atoms with Crippen molar-refractivity contribution in [1.29, 1.82) is 0 Å². The summed E-state index contributed by atoms with van der Waals surface area (Å²) in [7, 11) is 0. The van der Waals surface area contributed by atoms with Crippen LogP contribution in [0.25, 0.3) is 0 Å². The summed E-state index contributed by atoms with van der Waals surface area (Å²) in [5.41, 5.74) is 1.48. The molecule has 0 bridgehead atoms. The molecule has 3 amide bonds. The Hall–Kier alpha value is -3.50. The van der Waals surface area contributed by atoms with Crippen LogP contribution in [-0.2, 0) is 14.3 Å². The predicted molar refractivity (Wildman–Crippen MR) is 152 cm³/mol. The quantitative estimate of drug-likeness (QED) is 0.377. The Morgan fingerprint density at radius 1 is 1.11 bits per heavy atom. The summed E-state index contributed by atoms with van der Waals surface area (Å²) in [6.45, 7) is 12.9. The van der Waals surface area contributed by atoms with Crippen molar-refractivity contribution in [3.05, 3.63) is 64.2 Å². The van der Waals surface area contributed by atoms with Crippen LogP contribution in [0.5, 0.6) is 0 Å². The standard InChI is InChI=1S/C30H38ClN3O4/c1-9-18-34(28(36)24(19(3)4)33-29(37)38-30(6,7)8)26(22-16-12-11-15-21(22)10-2)27(35)32-25-20(5)14-13-17-23(25)31/h2,11-17,19,24,26H,9,18H2,1,3-8H3,(H,32,35)(H,33,37). The highest BCUT2D eigenvalue weighted by molar-refractivity contribution is 6.34. The summed E-state index contributed by atoms with van der Waals surface area (Å²) < 4.78 is 5.40. The van der Waals surface area contributed by atoms with Crippen molar-refractivity contribution < 1.29 is 19.1 Å². The number of ether oxygens (including phenoxy) is 1. The molecule has 2 unspecified atom stereocenters. The van der Waals surface area contributed by atoms with E-state index in [4.69, 9.17) is 22.8 Å². The first-order valence-corrected chi connectivity index (χ1v) is 13.1. The first-order chi connectivity index (χ1) is 17.8. The van der Waals surface area contributed by atoms with E-state index in [-0.39, 0.29) is 12.5 Å². The lowest BCUT2D eigenvalue weighted by molar-refractivity contribution is -0.141. The number of amides is 3. The maximum absolute atomic E-state index is 14.1. The molecule has 2 aromatic carbocycles. The third kappa shape index (κ3) is 8.00. The number of halogens is 1. The maximum atomic E-state index is 14.1. The van der Waals surface area contributed by atoms with Gasteiger partial charge in [0, 0.05) is 12.1 Å². The van der Waals surface area contributed by atoms with Crippen LogP contribution in [0.3, 0.4) is 0 Å². The number of nitrogens with one attached hydrogen (secondary N) is 2. The number of alkyl carbamates (subject to hydrolysis) is 1. The lowest BCUT2D eigenvalue weighted by atomic mass is 9.95. The molecule has 2 aromatic rings. The highest BCUT2D eigenvalue weighted by atomic mass is 35.5. The fourth-order valence-corrected chi connectivity index (χ4v) is 4.30. The number of carbonyl (C=O) groups is 3. The van der Waals surface area contributed by atoms with Gasteiger partial charge in [-0.2, -0.15) is 0 Å². The van der Waals surface area contributed by atoms with Crippen LogP contribution in [0, 0.1) is 25.2 Å². The topological polar surface area (TPSA) is 87.7 Å². The van der Waals surface area contributed by atoms with Crippen LogP contribution in [0.15, 0.2) is 42.5 Å². The van der Waals surface area contributed by atoms with E-state index in [2.05, 4.69) is 16.6 Å². The number of anilines is 1. The molecule has 7 nitrogen and oxygen atoms in total. The van der Waals surface area contributed by atoms with Gasteiger partial charge in [-0.3, -0.25) is 9.59 Å². The average molecular weight is 540 g/mol. The largest absolute Gasteiger partial charge is 0.444 e. The molecule has 0 saturated carbocycles. The van der Waals surface area contributed by atoms with E-state index in [1.54, 1.807) is 57.2 Å². The molecule has 2 atom stereocenters. The van der Waals surface area contributed by atoms with E-state index in [1.165, 1.54) is 4.90 Å². The summed E-state index contributed by atoms with van der Waals surface area (Å²) in [5.74, 6) is 1.46. The van der Waals surface area contributed by atoms with Gasteiger partial charge >= 0.3 is 6.09 Å². The second-order valence-corrected chi connectivity index (χ2v) is 10.9. The van der Waals surface area contributed by atoms with Gasteiger partial charge in [-0.1, -0.05) is 68.6 Å². The first kappa shape index (κ1) is 30.7. The number of carbonyl (C=O) groups excluding carboxylic acids is 3. The molecule has 2 rings (SSSR count). The molecular formula is C30H38ClN3O4. The number of hydrogen-bond acceptors (Lipinski definition) is 4. The molecule has 0 saturated heterocycles. The van der Waals surface area contributed by atoms with Crippen LogP contribution in [-0.4, -0.2) is 41.0 Å². The molecular weight excluding hydrogens is 502 g/mol. The van der Waals surface area contributed by atoms with Gasteiger partial charge in [0.1, 0.15) is 17.7 Å². The average Bonchev–Trinajstić information content (AvgIpc) is 2.83. The number of hydrogen-bond donors (Lipinski definition) is 2. The Balaban J connectivity index is 2.60. The van der Waals surface area contributed by atoms with Crippen molar-refractivity contribution in [3.8, 4) is 12.3 Å². The zero-order valence-electron chi connectivity index (χ0n) is 23.2. The summed E-state index contributed by atoms with van der Waals surface area (Å²) in [4.78, 5) is 42.1. The third-order valence-electron chi connectivity index (χ3n) is 5.79. The molecule has 0 heterocycles. The minimum atomic E-state index is -1.08. The number of terminal acetylenes is 1. The maximum Gasteiger partial charge on any atom is 0.408 e. The van der Waals surface area contributed by atoms with Crippen molar-refractivity contribution in [3.63, 3.8) is 0 Å². The van der Waals surface area contributed by atoms with Crippen LogP contribution < -0.4 is 10.6 Å². The van der Waals surface area contributed by atoms with Crippen LogP contribution in [0.2, 0.25) is 5.02 Å². The minimum Gasteiger partial charge on any atom is -0.444 e. The number of nitrogens with zero attached hydrogens (tertiary/aromatic N) is 1. The molecule has 0 spiro atoms. The van der Waals surface area contributed by atoms with E-state index >= 15 is 0 Å². The first-order valence-electron chi connectivity index (χ1n) is 12.7.